The second-order valence-electron chi connectivity index (χ2n) is 5.51. The van der Waals surface area contributed by atoms with Crippen molar-refractivity contribution in [2.24, 2.45) is 5.92 Å². The minimum absolute atomic E-state index is 0.0343. The lowest BCUT2D eigenvalue weighted by Crippen LogP contribution is -2.26. The fraction of sp³-hybridized carbons (Fsp3) is 0.562. The van der Waals surface area contributed by atoms with Gasteiger partial charge in [0.1, 0.15) is 0 Å². The molecule has 0 aliphatic carbocycles. The average molecular weight is 261 g/mol. The lowest BCUT2D eigenvalue weighted by atomic mass is 9.94. The molecule has 1 saturated heterocycles. The predicted octanol–water partition coefficient (Wildman–Crippen LogP) is 2.68. The van der Waals surface area contributed by atoms with Crippen LogP contribution in [0.1, 0.15) is 43.4 Å². The molecular formula is C16H23NO2. The number of hydrogen-bond donors (Lipinski definition) is 1. The highest BCUT2D eigenvalue weighted by Crippen LogP contribution is 2.30. The maximum atomic E-state index is 11.9. The van der Waals surface area contributed by atoms with Gasteiger partial charge in [-0.1, -0.05) is 43.2 Å². The molecule has 1 fully saturated rings. The number of rotatable bonds is 5. The van der Waals surface area contributed by atoms with Crippen LogP contribution < -0.4 is 0 Å². The third-order valence-corrected chi connectivity index (χ3v) is 3.89. The molecule has 1 aromatic carbocycles. The van der Waals surface area contributed by atoms with Crippen molar-refractivity contribution >= 4 is 5.91 Å². The maximum Gasteiger partial charge on any atom is 0.223 e. The summed E-state index contributed by atoms with van der Waals surface area (Å²) in [5.41, 5.74) is 2.10. The minimum atomic E-state index is -0.531. The molecule has 19 heavy (non-hydrogen) atoms. The molecule has 1 heterocycles. The van der Waals surface area contributed by atoms with Crippen LogP contribution in [-0.4, -0.2) is 29.0 Å². The summed E-state index contributed by atoms with van der Waals surface area (Å²) in [5, 5.41) is 10.4. The SMILES string of the molecule is CCCCN1CC(C(O)c2ccc(C)cc2)CC1=O. The average Bonchev–Trinajstić information content (AvgIpc) is 2.78. The summed E-state index contributed by atoms with van der Waals surface area (Å²) >= 11 is 0. The van der Waals surface area contributed by atoms with E-state index in [4.69, 9.17) is 0 Å². The van der Waals surface area contributed by atoms with Crippen LogP contribution in [0.25, 0.3) is 0 Å². The first kappa shape index (κ1) is 14.1. The lowest BCUT2D eigenvalue weighted by molar-refractivity contribution is -0.127. The van der Waals surface area contributed by atoms with E-state index >= 15 is 0 Å². The number of unbranched alkanes of at least 4 members (excludes halogenated alkanes) is 1. The number of likely N-dealkylation sites (tertiary alicyclic amines) is 1. The Hall–Kier alpha value is -1.35. The summed E-state index contributed by atoms with van der Waals surface area (Å²) in [7, 11) is 0. The second-order valence-corrected chi connectivity index (χ2v) is 5.51. The van der Waals surface area contributed by atoms with E-state index in [2.05, 4.69) is 6.92 Å². The van der Waals surface area contributed by atoms with Crippen molar-refractivity contribution in [2.45, 2.75) is 39.2 Å². The van der Waals surface area contributed by atoms with E-state index in [1.165, 1.54) is 5.56 Å². The lowest BCUT2D eigenvalue weighted by Gasteiger charge is -2.19. The van der Waals surface area contributed by atoms with E-state index in [0.29, 0.717) is 13.0 Å². The first-order valence-corrected chi connectivity index (χ1v) is 7.14. The monoisotopic (exact) mass is 261 g/mol. The molecule has 1 N–H and O–H groups in total. The van der Waals surface area contributed by atoms with Crippen molar-refractivity contribution in [1.29, 1.82) is 0 Å². The van der Waals surface area contributed by atoms with Gasteiger partial charge in [0.15, 0.2) is 0 Å². The van der Waals surface area contributed by atoms with Gasteiger partial charge in [-0.05, 0) is 18.9 Å². The van der Waals surface area contributed by atoms with E-state index in [1.54, 1.807) is 0 Å². The molecule has 2 unspecified atom stereocenters. The van der Waals surface area contributed by atoms with Gasteiger partial charge in [-0.3, -0.25) is 4.79 Å². The molecule has 1 amide bonds. The second kappa shape index (κ2) is 6.20. The van der Waals surface area contributed by atoms with Crippen LogP contribution >= 0.6 is 0 Å². The molecule has 1 aliphatic heterocycles. The van der Waals surface area contributed by atoms with Crippen LogP contribution in [0, 0.1) is 12.8 Å². The Bertz CT molecular complexity index is 427. The van der Waals surface area contributed by atoms with Crippen molar-refractivity contribution in [3.8, 4) is 0 Å². The number of carbonyl (C=O) groups excluding carboxylic acids is 1. The van der Waals surface area contributed by atoms with Gasteiger partial charge in [-0.15, -0.1) is 0 Å². The number of benzene rings is 1. The van der Waals surface area contributed by atoms with E-state index in [1.807, 2.05) is 36.1 Å². The largest absolute Gasteiger partial charge is 0.388 e. The molecule has 0 aromatic heterocycles. The molecule has 0 bridgehead atoms. The Kier molecular flexibility index (Phi) is 4.59. The van der Waals surface area contributed by atoms with Gasteiger partial charge in [0.25, 0.3) is 0 Å². The molecule has 0 spiro atoms. The topological polar surface area (TPSA) is 40.5 Å². The third-order valence-electron chi connectivity index (χ3n) is 3.89. The van der Waals surface area contributed by atoms with Gasteiger partial charge in [-0.2, -0.15) is 0 Å². The smallest absolute Gasteiger partial charge is 0.223 e. The van der Waals surface area contributed by atoms with Crippen LogP contribution in [0.3, 0.4) is 0 Å². The molecule has 0 saturated carbocycles. The highest BCUT2D eigenvalue weighted by molar-refractivity contribution is 5.78. The van der Waals surface area contributed by atoms with Gasteiger partial charge < -0.3 is 10.0 Å². The van der Waals surface area contributed by atoms with Crippen LogP contribution in [0.2, 0.25) is 0 Å². The van der Waals surface area contributed by atoms with Crippen molar-refractivity contribution in [2.75, 3.05) is 13.1 Å². The zero-order chi connectivity index (χ0) is 13.8. The molecular weight excluding hydrogens is 238 g/mol. The van der Waals surface area contributed by atoms with Gasteiger partial charge in [0, 0.05) is 25.4 Å². The Balaban J connectivity index is 1.99. The summed E-state index contributed by atoms with van der Waals surface area (Å²) in [4.78, 5) is 13.8. The minimum Gasteiger partial charge on any atom is -0.388 e. The number of aliphatic hydroxyl groups excluding tert-OH is 1. The molecule has 2 rings (SSSR count). The van der Waals surface area contributed by atoms with Gasteiger partial charge in [-0.25, -0.2) is 0 Å². The Morgan fingerprint density at radius 2 is 2.05 bits per heavy atom. The first-order valence-electron chi connectivity index (χ1n) is 7.14. The number of amides is 1. The van der Waals surface area contributed by atoms with Crippen molar-refractivity contribution in [3.63, 3.8) is 0 Å². The molecule has 2 atom stereocenters. The number of hydrogen-bond acceptors (Lipinski definition) is 2. The summed E-state index contributed by atoms with van der Waals surface area (Å²) in [6, 6.07) is 7.92. The molecule has 104 valence electrons. The number of aryl methyl sites for hydroxylation is 1. The van der Waals surface area contributed by atoms with Crippen LogP contribution in [0.4, 0.5) is 0 Å². The predicted molar refractivity (Wildman–Crippen MR) is 75.7 cm³/mol. The maximum absolute atomic E-state index is 11.9. The molecule has 3 heteroatoms. The van der Waals surface area contributed by atoms with E-state index in [9.17, 15) is 9.90 Å². The van der Waals surface area contributed by atoms with Crippen LogP contribution in [0.5, 0.6) is 0 Å². The van der Waals surface area contributed by atoms with Crippen LogP contribution in [0.15, 0.2) is 24.3 Å². The van der Waals surface area contributed by atoms with E-state index < -0.39 is 6.10 Å². The summed E-state index contributed by atoms with van der Waals surface area (Å²) in [5.74, 6) is 0.219. The normalized spacial score (nSPS) is 20.9. The van der Waals surface area contributed by atoms with E-state index in [0.717, 1.165) is 24.9 Å². The van der Waals surface area contributed by atoms with Crippen LogP contribution in [-0.2, 0) is 4.79 Å². The number of nitrogens with zero attached hydrogens (tertiary/aromatic N) is 1. The van der Waals surface area contributed by atoms with Crippen molar-refractivity contribution in [3.05, 3.63) is 35.4 Å². The highest BCUT2D eigenvalue weighted by atomic mass is 16.3. The zero-order valence-corrected chi connectivity index (χ0v) is 11.8. The fourth-order valence-electron chi connectivity index (χ4n) is 2.62. The molecule has 0 radical (unpaired) electrons. The Labute approximate surface area is 115 Å². The summed E-state index contributed by atoms with van der Waals surface area (Å²) in [6.07, 6.45) is 2.07. The Morgan fingerprint density at radius 3 is 2.68 bits per heavy atom. The number of carbonyl (C=O) groups is 1. The Morgan fingerprint density at radius 1 is 1.37 bits per heavy atom. The molecule has 1 aliphatic rings. The standard InChI is InChI=1S/C16H23NO2/c1-3-4-9-17-11-14(10-15(17)18)16(19)13-7-5-12(2)6-8-13/h5-8,14,16,19H,3-4,9-11H2,1-2H3. The van der Waals surface area contributed by atoms with Gasteiger partial charge in [0.05, 0.1) is 6.10 Å². The quantitative estimate of drug-likeness (QED) is 0.885. The molecule has 3 nitrogen and oxygen atoms in total. The fourth-order valence-corrected chi connectivity index (χ4v) is 2.62. The summed E-state index contributed by atoms with van der Waals surface area (Å²) < 4.78 is 0. The third kappa shape index (κ3) is 3.35. The van der Waals surface area contributed by atoms with Gasteiger partial charge in [0.2, 0.25) is 5.91 Å². The first-order chi connectivity index (χ1) is 9.11. The molecule has 1 aromatic rings. The van der Waals surface area contributed by atoms with E-state index in [-0.39, 0.29) is 11.8 Å². The van der Waals surface area contributed by atoms with Crippen molar-refractivity contribution in [1.82, 2.24) is 4.90 Å². The number of aliphatic hydroxyl groups is 1. The van der Waals surface area contributed by atoms with Crippen molar-refractivity contribution < 1.29 is 9.90 Å². The highest BCUT2D eigenvalue weighted by Gasteiger charge is 2.34. The summed E-state index contributed by atoms with van der Waals surface area (Å²) in [6.45, 7) is 5.67. The zero-order valence-electron chi connectivity index (χ0n) is 11.8. The van der Waals surface area contributed by atoms with Gasteiger partial charge >= 0.3 is 0 Å².